The minimum atomic E-state index is -1.01. The second-order valence-corrected chi connectivity index (χ2v) is 4.03. The first kappa shape index (κ1) is 11.0. The first-order valence-corrected chi connectivity index (χ1v) is 5.14. The van der Waals surface area contributed by atoms with Gasteiger partial charge in [-0.15, -0.1) is 0 Å². The Morgan fingerprint density at radius 2 is 2.31 bits per heavy atom. The fraction of sp³-hybridized carbons (Fsp3) is 0.182. The molecule has 0 aromatic heterocycles. The maximum Gasteiger partial charge on any atom is 0.320 e. The van der Waals surface area contributed by atoms with Gasteiger partial charge in [-0.05, 0) is 17.7 Å². The van der Waals surface area contributed by atoms with Crippen LogP contribution < -0.4 is 11.1 Å². The molecular weight excluding hydrogens is 228 g/mol. The van der Waals surface area contributed by atoms with Crippen molar-refractivity contribution >= 4 is 28.8 Å². The lowest BCUT2D eigenvalue weighted by Crippen LogP contribution is -2.30. The van der Waals surface area contributed by atoms with Crippen LogP contribution in [0.1, 0.15) is 12.0 Å². The Balaban J connectivity index is 2.20. The highest BCUT2D eigenvalue weighted by molar-refractivity contribution is 6.31. The van der Waals surface area contributed by atoms with E-state index in [1.165, 1.54) is 0 Å². The van der Waals surface area contributed by atoms with Crippen LogP contribution in [0.4, 0.5) is 5.69 Å². The highest BCUT2D eigenvalue weighted by Crippen LogP contribution is 2.34. The average Bonchev–Trinajstić information content (AvgIpc) is 2.60. The molecule has 1 heterocycles. The Morgan fingerprint density at radius 3 is 3.00 bits per heavy atom. The van der Waals surface area contributed by atoms with E-state index in [1.807, 2.05) is 6.07 Å². The minimum Gasteiger partial charge on any atom is -0.480 e. The van der Waals surface area contributed by atoms with E-state index in [-0.39, 0.29) is 6.42 Å². The molecule has 1 atom stereocenters. The Kier molecular flexibility index (Phi) is 2.85. The lowest BCUT2D eigenvalue weighted by atomic mass is 10.0. The first-order valence-electron chi connectivity index (χ1n) is 4.76. The summed E-state index contributed by atoms with van der Waals surface area (Å²) in [6, 6.07) is 4.42. The highest BCUT2D eigenvalue weighted by atomic mass is 35.5. The third kappa shape index (κ3) is 2.03. The van der Waals surface area contributed by atoms with E-state index in [1.54, 1.807) is 18.3 Å². The van der Waals surface area contributed by atoms with Crippen LogP contribution in [-0.4, -0.2) is 17.1 Å². The van der Waals surface area contributed by atoms with Crippen molar-refractivity contribution in [3.05, 3.63) is 35.0 Å². The van der Waals surface area contributed by atoms with Gasteiger partial charge in [-0.1, -0.05) is 17.7 Å². The molecule has 0 spiro atoms. The van der Waals surface area contributed by atoms with Crippen molar-refractivity contribution in [3.63, 3.8) is 0 Å². The number of hydrogen-bond acceptors (Lipinski definition) is 2. The zero-order chi connectivity index (χ0) is 11.7. The van der Waals surface area contributed by atoms with E-state index in [0.29, 0.717) is 5.02 Å². The topological polar surface area (TPSA) is 77.4 Å². The summed E-state index contributed by atoms with van der Waals surface area (Å²) < 4.78 is 0. The number of carbonyl (C=O) groups is 1. The molecule has 0 saturated carbocycles. The van der Waals surface area contributed by atoms with Crippen LogP contribution in [0.15, 0.2) is 24.4 Å². The molecule has 0 amide bonds. The molecule has 1 aromatic rings. The highest BCUT2D eigenvalue weighted by Gasteiger charge is 2.20. The van der Waals surface area contributed by atoms with Crippen molar-refractivity contribution in [2.45, 2.75) is 12.5 Å². The van der Waals surface area contributed by atoms with E-state index in [4.69, 9.17) is 22.4 Å². The Labute approximate surface area is 97.7 Å². The maximum atomic E-state index is 10.6. The molecule has 83 valence electrons. The van der Waals surface area contributed by atoms with E-state index in [0.717, 1.165) is 16.8 Å². The zero-order valence-corrected chi connectivity index (χ0v) is 9.11. The number of halogens is 1. The standard InChI is InChI=1S/C11H10ClN2O2/c12-7-1-2-8-6(3-9(13)11(15)16)5-14-10(8)4-7/h1-2,4-5,9H,3,13H2,(H,15,16)/t9-/m0/s1. The molecule has 0 saturated heterocycles. The predicted octanol–water partition coefficient (Wildman–Crippen LogP) is 1.73. The van der Waals surface area contributed by atoms with Gasteiger partial charge in [0.05, 0.1) is 5.69 Å². The fourth-order valence-electron chi connectivity index (χ4n) is 1.59. The monoisotopic (exact) mass is 237 g/mol. The maximum absolute atomic E-state index is 10.6. The van der Waals surface area contributed by atoms with Gasteiger partial charge in [-0.25, -0.2) is 0 Å². The molecule has 2 rings (SSSR count). The van der Waals surface area contributed by atoms with Crippen molar-refractivity contribution in [1.82, 2.24) is 5.32 Å². The smallest absolute Gasteiger partial charge is 0.320 e. The molecule has 0 aliphatic carbocycles. The number of hydrogen-bond donors (Lipinski definition) is 2. The van der Waals surface area contributed by atoms with Crippen LogP contribution in [0, 0.1) is 0 Å². The predicted molar refractivity (Wildman–Crippen MR) is 61.5 cm³/mol. The lowest BCUT2D eigenvalue weighted by molar-refractivity contribution is -0.138. The lowest BCUT2D eigenvalue weighted by Gasteiger charge is -2.07. The van der Waals surface area contributed by atoms with E-state index < -0.39 is 12.0 Å². The van der Waals surface area contributed by atoms with E-state index >= 15 is 0 Å². The summed E-state index contributed by atoms with van der Waals surface area (Å²) in [6.07, 6.45) is 1.91. The minimum absolute atomic E-state index is 0.271. The van der Waals surface area contributed by atoms with Gasteiger partial charge in [0.15, 0.2) is 0 Å². The van der Waals surface area contributed by atoms with Gasteiger partial charge in [0, 0.05) is 23.2 Å². The fourth-order valence-corrected chi connectivity index (χ4v) is 1.75. The van der Waals surface area contributed by atoms with Gasteiger partial charge in [0.25, 0.3) is 0 Å². The van der Waals surface area contributed by atoms with Crippen LogP contribution in [0.3, 0.4) is 0 Å². The first-order chi connectivity index (χ1) is 7.58. The van der Waals surface area contributed by atoms with Gasteiger partial charge < -0.3 is 10.8 Å². The van der Waals surface area contributed by atoms with E-state index in [2.05, 4.69) is 5.32 Å². The number of benzene rings is 1. The molecular formula is C11H10ClN2O2. The molecule has 1 aromatic carbocycles. The molecule has 0 unspecified atom stereocenters. The molecule has 0 fully saturated rings. The van der Waals surface area contributed by atoms with Gasteiger partial charge in [0.1, 0.15) is 6.04 Å². The van der Waals surface area contributed by atoms with Crippen molar-refractivity contribution < 1.29 is 9.90 Å². The normalized spacial score (nSPS) is 15.0. The molecule has 5 heteroatoms. The third-order valence-corrected chi connectivity index (χ3v) is 2.66. The zero-order valence-electron chi connectivity index (χ0n) is 8.35. The summed E-state index contributed by atoms with van der Waals surface area (Å²) in [7, 11) is 0. The molecule has 1 aliphatic heterocycles. The van der Waals surface area contributed by atoms with Gasteiger partial charge >= 0.3 is 5.97 Å². The SMILES string of the molecule is N[C@@H](CC1=C[N]c2cc(Cl)ccc21)C(=O)O. The summed E-state index contributed by atoms with van der Waals surface area (Å²) in [5, 5.41) is 13.5. The molecule has 1 radical (unpaired) electrons. The Hall–Kier alpha value is -1.52. The number of fused-ring (bicyclic) bond motifs is 1. The van der Waals surface area contributed by atoms with Crippen LogP contribution >= 0.6 is 11.6 Å². The second-order valence-electron chi connectivity index (χ2n) is 3.59. The third-order valence-electron chi connectivity index (χ3n) is 2.42. The largest absolute Gasteiger partial charge is 0.480 e. The van der Waals surface area contributed by atoms with Crippen molar-refractivity contribution in [2.75, 3.05) is 0 Å². The summed E-state index contributed by atoms with van der Waals surface area (Å²) >= 11 is 5.83. The quantitative estimate of drug-likeness (QED) is 0.841. The van der Waals surface area contributed by atoms with Crippen LogP contribution in [-0.2, 0) is 4.79 Å². The number of carboxylic acid groups (broad SMARTS) is 1. The van der Waals surface area contributed by atoms with Gasteiger partial charge in [-0.3, -0.25) is 10.1 Å². The average molecular weight is 238 g/mol. The van der Waals surface area contributed by atoms with Crippen LogP contribution in [0.5, 0.6) is 0 Å². The Morgan fingerprint density at radius 1 is 1.56 bits per heavy atom. The molecule has 4 nitrogen and oxygen atoms in total. The number of nitrogens with two attached hydrogens (primary N) is 1. The van der Waals surface area contributed by atoms with Gasteiger partial charge in [-0.2, -0.15) is 0 Å². The van der Waals surface area contributed by atoms with Crippen molar-refractivity contribution in [2.24, 2.45) is 5.73 Å². The molecule has 3 N–H and O–H groups in total. The Bertz CT molecular complexity index is 471. The summed E-state index contributed by atoms with van der Waals surface area (Å²) in [5.74, 6) is -1.01. The van der Waals surface area contributed by atoms with Gasteiger partial charge in [0.2, 0.25) is 0 Å². The number of aliphatic carboxylic acids is 1. The second kappa shape index (κ2) is 4.15. The summed E-state index contributed by atoms with van der Waals surface area (Å²) in [4.78, 5) is 10.6. The number of rotatable bonds is 3. The van der Waals surface area contributed by atoms with Crippen molar-refractivity contribution in [3.8, 4) is 0 Å². The number of nitrogens with zero attached hydrogens (tertiary/aromatic N) is 1. The molecule has 0 bridgehead atoms. The summed E-state index contributed by atoms with van der Waals surface area (Å²) in [6.45, 7) is 0. The number of carboxylic acids is 1. The molecule has 16 heavy (non-hydrogen) atoms. The van der Waals surface area contributed by atoms with Crippen molar-refractivity contribution in [1.29, 1.82) is 0 Å². The van der Waals surface area contributed by atoms with Crippen LogP contribution in [0.2, 0.25) is 5.02 Å². The summed E-state index contributed by atoms with van der Waals surface area (Å²) in [5.41, 5.74) is 7.98. The van der Waals surface area contributed by atoms with Crippen LogP contribution in [0.25, 0.3) is 5.57 Å². The van der Waals surface area contributed by atoms with E-state index in [9.17, 15) is 4.79 Å². The molecule has 1 aliphatic rings.